The summed E-state index contributed by atoms with van der Waals surface area (Å²) in [6, 6.07) is 16.9. The van der Waals surface area contributed by atoms with Gasteiger partial charge in [0.25, 0.3) is 11.5 Å². The Balaban J connectivity index is 1.49. The molecule has 0 aliphatic carbocycles. The number of hydrogen-bond acceptors (Lipinski definition) is 6. The van der Waals surface area contributed by atoms with E-state index >= 15 is 0 Å². The molecule has 0 saturated carbocycles. The highest BCUT2D eigenvalue weighted by Gasteiger charge is 2.21. The largest absolute Gasteiger partial charge is 0.495 e. The van der Waals surface area contributed by atoms with Gasteiger partial charge in [0.1, 0.15) is 17.1 Å². The van der Waals surface area contributed by atoms with E-state index in [0.29, 0.717) is 45.1 Å². The number of rotatable bonds is 8. The summed E-state index contributed by atoms with van der Waals surface area (Å²) in [6.07, 6.45) is 2.05. The van der Waals surface area contributed by atoms with Crippen LogP contribution in [0, 0.1) is 6.92 Å². The fraction of sp³-hybridized carbons (Fsp3) is 0.200. The molecule has 2 N–H and O–H groups in total. The second kappa shape index (κ2) is 10.3. The molecule has 9 heteroatoms. The zero-order chi connectivity index (χ0) is 24.1. The third-order valence-corrected chi connectivity index (χ3v) is 6.57. The number of thiophene rings is 1. The maximum atomic E-state index is 13.1. The van der Waals surface area contributed by atoms with Gasteiger partial charge < -0.3 is 15.4 Å². The first-order chi connectivity index (χ1) is 16.5. The SMILES string of the molecule is COc1ccccc1NC(=O)c1sc2ncn(CC(=O)NCCc3ccccc3)c(=O)c2c1C. The van der Waals surface area contributed by atoms with Crippen molar-refractivity contribution in [2.75, 3.05) is 19.0 Å². The van der Waals surface area contributed by atoms with Crippen molar-refractivity contribution in [3.8, 4) is 5.75 Å². The highest BCUT2D eigenvalue weighted by Crippen LogP contribution is 2.29. The minimum Gasteiger partial charge on any atom is -0.495 e. The number of benzene rings is 2. The van der Waals surface area contributed by atoms with E-state index in [2.05, 4.69) is 15.6 Å². The lowest BCUT2D eigenvalue weighted by atomic mass is 10.1. The van der Waals surface area contributed by atoms with Gasteiger partial charge in [-0.3, -0.25) is 19.0 Å². The molecule has 0 radical (unpaired) electrons. The number of amides is 2. The van der Waals surface area contributed by atoms with Gasteiger partial charge in [0.05, 0.1) is 29.4 Å². The number of nitrogens with zero attached hydrogens (tertiary/aromatic N) is 2. The smallest absolute Gasteiger partial charge is 0.266 e. The predicted octanol–water partition coefficient (Wildman–Crippen LogP) is 3.39. The van der Waals surface area contributed by atoms with Gasteiger partial charge in [-0.1, -0.05) is 42.5 Å². The van der Waals surface area contributed by atoms with Gasteiger partial charge in [-0.25, -0.2) is 4.98 Å². The van der Waals surface area contributed by atoms with Crippen LogP contribution in [0.3, 0.4) is 0 Å². The van der Waals surface area contributed by atoms with Crippen LogP contribution < -0.4 is 20.9 Å². The Kier molecular flexibility index (Phi) is 7.03. The molecule has 0 atom stereocenters. The number of methoxy groups -OCH3 is 1. The minimum absolute atomic E-state index is 0.144. The molecule has 8 nitrogen and oxygen atoms in total. The number of carbonyl (C=O) groups is 2. The number of hydrogen-bond donors (Lipinski definition) is 2. The summed E-state index contributed by atoms with van der Waals surface area (Å²) in [7, 11) is 1.53. The molecular formula is C25H24N4O4S. The van der Waals surface area contributed by atoms with E-state index in [4.69, 9.17) is 4.74 Å². The van der Waals surface area contributed by atoms with Gasteiger partial charge in [0, 0.05) is 6.54 Å². The van der Waals surface area contributed by atoms with Crippen LogP contribution >= 0.6 is 11.3 Å². The van der Waals surface area contributed by atoms with Crippen LogP contribution in [0.4, 0.5) is 5.69 Å². The maximum absolute atomic E-state index is 13.1. The third kappa shape index (κ3) is 4.99. The van der Waals surface area contributed by atoms with Crippen molar-refractivity contribution < 1.29 is 14.3 Å². The van der Waals surface area contributed by atoms with E-state index in [1.807, 2.05) is 36.4 Å². The average molecular weight is 477 g/mol. The van der Waals surface area contributed by atoms with Crippen LogP contribution in [0.15, 0.2) is 65.7 Å². The average Bonchev–Trinajstić information content (AvgIpc) is 3.19. The van der Waals surface area contributed by atoms with Gasteiger partial charge in [0.2, 0.25) is 5.91 Å². The van der Waals surface area contributed by atoms with Crippen molar-refractivity contribution in [1.82, 2.24) is 14.9 Å². The molecule has 34 heavy (non-hydrogen) atoms. The lowest BCUT2D eigenvalue weighted by Crippen LogP contribution is -2.33. The molecule has 2 amide bonds. The standard InChI is InChI=1S/C25H24N4O4S/c1-16-21-24(34-22(16)23(31)28-18-10-6-7-11-19(18)33-2)27-15-29(25(21)32)14-20(30)26-13-12-17-8-4-3-5-9-17/h3-11,15H,12-14H2,1-2H3,(H,26,30)(H,28,31). The van der Waals surface area contributed by atoms with Gasteiger partial charge in [-0.05, 0) is 36.6 Å². The number of fused-ring (bicyclic) bond motifs is 1. The summed E-state index contributed by atoms with van der Waals surface area (Å²) >= 11 is 1.14. The van der Waals surface area contributed by atoms with E-state index in [-0.39, 0.29) is 23.9 Å². The minimum atomic E-state index is -0.353. The molecule has 0 saturated heterocycles. The van der Waals surface area contributed by atoms with Crippen molar-refractivity contribution in [2.24, 2.45) is 0 Å². The Labute approximate surface area is 200 Å². The summed E-state index contributed by atoms with van der Waals surface area (Å²) in [4.78, 5) is 43.5. The summed E-state index contributed by atoms with van der Waals surface area (Å²) in [5.41, 5.74) is 1.83. The van der Waals surface area contributed by atoms with Crippen LogP contribution in [0.2, 0.25) is 0 Å². The molecule has 4 aromatic rings. The van der Waals surface area contributed by atoms with Gasteiger partial charge in [-0.2, -0.15) is 0 Å². The van der Waals surface area contributed by atoms with Crippen molar-refractivity contribution in [3.05, 3.63) is 87.3 Å². The summed E-state index contributed by atoms with van der Waals surface area (Å²) in [5, 5.41) is 6.00. The monoisotopic (exact) mass is 476 g/mol. The van der Waals surface area contributed by atoms with Crippen LogP contribution in [0.1, 0.15) is 20.8 Å². The van der Waals surface area contributed by atoms with Crippen molar-refractivity contribution in [3.63, 3.8) is 0 Å². The molecule has 0 unspecified atom stereocenters. The Morgan fingerprint density at radius 2 is 1.82 bits per heavy atom. The summed E-state index contributed by atoms with van der Waals surface area (Å²) in [5.74, 6) is -0.0934. The van der Waals surface area contributed by atoms with Crippen LogP contribution in [0.25, 0.3) is 10.2 Å². The second-order valence-corrected chi connectivity index (χ2v) is 8.65. The summed E-state index contributed by atoms with van der Waals surface area (Å²) in [6.45, 7) is 2.04. The molecule has 0 fully saturated rings. The normalized spacial score (nSPS) is 10.8. The molecule has 4 rings (SSSR count). The third-order valence-electron chi connectivity index (χ3n) is 5.37. The summed E-state index contributed by atoms with van der Waals surface area (Å²) < 4.78 is 6.55. The zero-order valence-electron chi connectivity index (χ0n) is 18.8. The first-order valence-corrected chi connectivity index (χ1v) is 11.5. The highest BCUT2D eigenvalue weighted by molar-refractivity contribution is 7.20. The fourth-order valence-corrected chi connectivity index (χ4v) is 4.65. The number of aromatic nitrogens is 2. The molecule has 2 heterocycles. The number of aryl methyl sites for hydroxylation is 1. The van der Waals surface area contributed by atoms with Crippen LogP contribution in [-0.2, 0) is 17.8 Å². The van der Waals surface area contributed by atoms with Gasteiger partial charge in [0.15, 0.2) is 0 Å². The Hall–Kier alpha value is -3.98. The lowest BCUT2D eigenvalue weighted by molar-refractivity contribution is -0.121. The number of anilines is 1. The molecule has 0 bridgehead atoms. The van der Waals surface area contributed by atoms with E-state index in [9.17, 15) is 14.4 Å². The molecule has 0 aliphatic rings. The van der Waals surface area contributed by atoms with Crippen molar-refractivity contribution in [1.29, 1.82) is 0 Å². The molecule has 2 aromatic heterocycles. The molecule has 174 valence electrons. The maximum Gasteiger partial charge on any atom is 0.266 e. The number of carbonyl (C=O) groups excluding carboxylic acids is 2. The molecule has 0 spiro atoms. The second-order valence-electron chi connectivity index (χ2n) is 7.65. The number of para-hydroxylation sites is 2. The lowest BCUT2D eigenvalue weighted by Gasteiger charge is -2.09. The van der Waals surface area contributed by atoms with Crippen molar-refractivity contribution in [2.45, 2.75) is 19.9 Å². The highest BCUT2D eigenvalue weighted by atomic mass is 32.1. The Morgan fingerprint density at radius 1 is 1.09 bits per heavy atom. The number of ether oxygens (including phenoxy) is 1. The first kappa shape index (κ1) is 23.2. The van der Waals surface area contributed by atoms with Crippen LogP contribution in [-0.4, -0.2) is 35.0 Å². The zero-order valence-corrected chi connectivity index (χ0v) is 19.6. The predicted molar refractivity (Wildman–Crippen MR) is 133 cm³/mol. The van der Waals surface area contributed by atoms with Gasteiger partial charge in [-0.15, -0.1) is 11.3 Å². The van der Waals surface area contributed by atoms with E-state index in [1.165, 1.54) is 18.0 Å². The van der Waals surface area contributed by atoms with Crippen molar-refractivity contribution >= 4 is 39.1 Å². The first-order valence-electron chi connectivity index (χ1n) is 10.7. The van der Waals surface area contributed by atoms with Gasteiger partial charge >= 0.3 is 0 Å². The molecular weight excluding hydrogens is 452 g/mol. The fourth-order valence-electron chi connectivity index (χ4n) is 3.62. The quantitative estimate of drug-likeness (QED) is 0.406. The molecule has 2 aromatic carbocycles. The topological polar surface area (TPSA) is 102 Å². The van der Waals surface area contributed by atoms with Crippen LogP contribution in [0.5, 0.6) is 5.75 Å². The van der Waals surface area contributed by atoms with E-state index in [0.717, 1.165) is 16.9 Å². The molecule has 0 aliphatic heterocycles. The number of nitrogens with one attached hydrogen (secondary N) is 2. The Morgan fingerprint density at radius 3 is 2.59 bits per heavy atom. The Bertz CT molecular complexity index is 1400. The van der Waals surface area contributed by atoms with E-state index < -0.39 is 0 Å². The van der Waals surface area contributed by atoms with E-state index in [1.54, 1.807) is 25.1 Å².